The molecule has 33 heavy (non-hydrogen) atoms. The molecule has 0 aliphatic rings. The molecule has 3 rings (SSSR count). The zero-order chi connectivity index (χ0) is 23.6. The lowest BCUT2D eigenvalue weighted by Crippen LogP contribution is -2.41. The van der Waals surface area contributed by atoms with Crippen molar-refractivity contribution in [3.8, 4) is 22.9 Å². The number of aryl methyl sites for hydroxylation is 1. The topological polar surface area (TPSA) is 116 Å². The van der Waals surface area contributed by atoms with E-state index in [1.165, 1.54) is 0 Å². The normalized spacial score (nSPS) is 10.5. The van der Waals surface area contributed by atoms with Crippen LogP contribution < -0.4 is 20.3 Å². The van der Waals surface area contributed by atoms with Crippen LogP contribution in [0.2, 0.25) is 10.0 Å². The third-order valence-electron chi connectivity index (χ3n) is 4.42. The number of carbonyl (C=O) groups is 2. The van der Waals surface area contributed by atoms with Gasteiger partial charge in [0.2, 0.25) is 23.5 Å². The van der Waals surface area contributed by atoms with Gasteiger partial charge in [0.1, 0.15) is 11.5 Å². The Hall–Kier alpha value is -3.30. The molecule has 9 nitrogen and oxygen atoms in total. The van der Waals surface area contributed by atoms with Gasteiger partial charge >= 0.3 is 0 Å². The Labute approximate surface area is 200 Å². The lowest BCUT2D eigenvalue weighted by molar-refractivity contribution is -0.129. The summed E-state index contributed by atoms with van der Waals surface area (Å²) in [5.74, 6) is 1.24. The minimum absolute atomic E-state index is 0.0721. The minimum Gasteiger partial charge on any atom is -0.497 e. The van der Waals surface area contributed by atoms with Crippen LogP contribution >= 0.6 is 23.2 Å². The average Bonchev–Trinajstić information content (AvgIpc) is 3.29. The van der Waals surface area contributed by atoms with Crippen LogP contribution in [0.15, 0.2) is 47.0 Å². The Bertz CT molecular complexity index is 1090. The number of rotatable bonds is 10. The van der Waals surface area contributed by atoms with Crippen molar-refractivity contribution < 1.29 is 23.6 Å². The van der Waals surface area contributed by atoms with E-state index in [2.05, 4.69) is 21.0 Å². The van der Waals surface area contributed by atoms with Crippen molar-refractivity contribution >= 4 is 35.0 Å². The van der Waals surface area contributed by atoms with Crippen molar-refractivity contribution in [1.82, 2.24) is 21.0 Å². The molecule has 0 saturated heterocycles. The molecule has 2 amide bonds. The van der Waals surface area contributed by atoms with Gasteiger partial charge in [-0.25, -0.2) is 0 Å². The van der Waals surface area contributed by atoms with E-state index in [0.717, 1.165) is 11.3 Å². The third-order valence-corrected chi connectivity index (χ3v) is 4.95. The van der Waals surface area contributed by atoms with Crippen molar-refractivity contribution in [3.63, 3.8) is 0 Å². The molecule has 3 aromatic rings. The number of benzene rings is 2. The van der Waals surface area contributed by atoms with Crippen LogP contribution in [0.1, 0.15) is 25.2 Å². The maximum atomic E-state index is 12.0. The fourth-order valence-corrected chi connectivity index (χ4v) is 3.17. The van der Waals surface area contributed by atoms with Gasteiger partial charge < -0.3 is 14.0 Å². The lowest BCUT2D eigenvalue weighted by atomic mass is 10.2. The second kappa shape index (κ2) is 12.1. The highest BCUT2D eigenvalue weighted by Gasteiger charge is 2.12. The molecule has 0 fully saturated rings. The van der Waals surface area contributed by atoms with Crippen molar-refractivity contribution in [2.75, 3.05) is 13.7 Å². The zero-order valence-corrected chi connectivity index (χ0v) is 19.3. The average molecular weight is 493 g/mol. The molecule has 0 spiro atoms. The fourth-order valence-electron chi connectivity index (χ4n) is 2.71. The highest BCUT2D eigenvalue weighted by Crippen LogP contribution is 2.27. The van der Waals surface area contributed by atoms with Gasteiger partial charge in [-0.15, -0.1) is 0 Å². The Morgan fingerprint density at radius 2 is 1.76 bits per heavy atom. The number of methoxy groups -OCH3 is 1. The van der Waals surface area contributed by atoms with Gasteiger partial charge in [-0.2, -0.15) is 4.98 Å². The number of hydrogen-bond donors (Lipinski definition) is 2. The van der Waals surface area contributed by atoms with E-state index >= 15 is 0 Å². The molecule has 0 bridgehead atoms. The molecular formula is C22H22Cl2N4O5. The van der Waals surface area contributed by atoms with Gasteiger partial charge in [0.05, 0.1) is 18.7 Å². The number of nitrogens with one attached hydrogen (secondary N) is 2. The molecular weight excluding hydrogens is 471 g/mol. The summed E-state index contributed by atoms with van der Waals surface area (Å²) in [7, 11) is 1.59. The van der Waals surface area contributed by atoms with E-state index in [1.807, 2.05) is 12.1 Å². The molecule has 2 aromatic carbocycles. The highest BCUT2D eigenvalue weighted by molar-refractivity contribution is 6.35. The predicted octanol–water partition coefficient (Wildman–Crippen LogP) is 3.99. The fraction of sp³-hybridized carbons (Fsp3) is 0.273. The quantitative estimate of drug-likeness (QED) is 0.324. The number of ether oxygens (including phenoxy) is 2. The first kappa shape index (κ1) is 24.3. The summed E-state index contributed by atoms with van der Waals surface area (Å²) in [5, 5.41) is 4.83. The first-order chi connectivity index (χ1) is 15.9. The van der Waals surface area contributed by atoms with Gasteiger partial charge in [-0.3, -0.25) is 20.4 Å². The summed E-state index contributed by atoms with van der Waals surface area (Å²) < 4.78 is 15.8. The number of nitrogens with zero attached hydrogens (tertiary/aromatic N) is 2. The van der Waals surface area contributed by atoms with E-state index in [1.54, 1.807) is 37.4 Å². The molecule has 0 atom stereocenters. The van der Waals surface area contributed by atoms with E-state index in [0.29, 0.717) is 33.9 Å². The van der Waals surface area contributed by atoms with Crippen LogP contribution in [0.25, 0.3) is 11.4 Å². The van der Waals surface area contributed by atoms with Gasteiger partial charge in [-0.1, -0.05) is 28.4 Å². The number of amides is 2. The second-order valence-corrected chi connectivity index (χ2v) is 7.71. The van der Waals surface area contributed by atoms with Crippen molar-refractivity contribution in [2.24, 2.45) is 0 Å². The van der Waals surface area contributed by atoms with E-state index in [-0.39, 0.29) is 37.7 Å². The molecule has 2 N–H and O–H groups in total. The van der Waals surface area contributed by atoms with E-state index < -0.39 is 0 Å². The third kappa shape index (κ3) is 7.65. The van der Waals surface area contributed by atoms with Gasteiger partial charge in [0.15, 0.2) is 0 Å². The zero-order valence-electron chi connectivity index (χ0n) is 17.8. The molecule has 11 heteroatoms. The molecule has 0 aliphatic heterocycles. The molecule has 174 valence electrons. The maximum Gasteiger partial charge on any atom is 0.238 e. The minimum atomic E-state index is -0.378. The lowest BCUT2D eigenvalue weighted by Gasteiger charge is -2.09. The van der Waals surface area contributed by atoms with Crippen molar-refractivity contribution in [1.29, 1.82) is 0 Å². The standard InChI is InChI=1S/C22H22Cl2N4O5/c1-31-16-7-4-14(5-8-16)22-25-21(33-28-22)11-10-20(30)27-26-19(29)3-2-12-32-18-9-6-15(23)13-17(18)24/h4-9,13H,2-3,10-12H2,1H3,(H,26,29)(H,27,30). The van der Waals surface area contributed by atoms with Crippen LogP contribution in [-0.4, -0.2) is 35.7 Å². The van der Waals surface area contributed by atoms with Gasteiger partial charge in [0, 0.05) is 29.8 Å². The van der Waals surface area contributed by atoms with Crippen LogP contribution in [0.4, 0.5) is 0 Å². The molecule has 1 aromatic heterocycles. The number of carbonyl (C=O) groups excluding carboxylic acids is 2. The van der Waals surface area contributed by atoms with Crippen molar-refractivity contribution in [3.05, 3.63) is 58.4 Å². The summed E-state index contributed by atoms with van der Waals surface area (Å²) in [5.41, 5.74) is 5.49. The number of aromatic nitrogens is 2. The Morgan fingerprint density at radius 1 is 1.03 bits per heavy atom. The summed E-state index contributed by atoms with van der Waals surface area (Å²) in [4.78, 5) is 28.1. The highest BCUT2D eigenvalue weighted by atomic mass is 35.5. The number of hydrogen-bond acceptors (Lipinski definition) is 7. The van der Waals surface area contributed by atoms with Crippen molar-refractivity contribution in [2.45, 2.75) is 25.7 Å². The number of hydrazine groups is 1. The molecule has 0 unspecified atom stereocenters. The van der Waals surface area contributed by atoms with Crippen LogP contribution in [0, 0.1) is 0 Å². The first-order valence-electron chi connectivity index (χ1n) is 10.1. The smallest absolute Gasteiger partial charge is 0.238 e. The molecule has 0 saturated carbocycles. The maximum absolute atomic E-state index is 12.0. The monoisotopic (exact) mass is 492 g/mol. The Balaban J connectivity index is 1.32. The van der Waals surface area contributed by atoms with E-state index in [9.17, 15) is 9.59 Å². The molecule has 0 radical (unpaired) electrons. The molecule has 0 aliphatic carbocycles. The Morgan fingerprint density at radius 3 is 2.45 bits per heavy atom. The SMILES string of the molecule is COc1ccc(-c2noc(CCC(=O)NNC(=O)CCCOc3ccc(Cl)cc3Cl)n2)cc1. The summed E-state index contributed by atoms with van der Waals surface area (Å²) >= 11 is 11.8. The van der Waals surface area contributed by atoms with Crippen LogP contribution in [-0.2, 0) is 16.0 Å². The molecule has 1 heterocycles. The summed E-state index contributed by atoms with van der Waals surface area (Å²) in [6, 6.07) is 12.1. The second-order valence-electron chi connectivity index (χ2n) is 6.86. The van der Waals surface area contributed by atoms with Gasteiger partial charge in [0.25, 0.3) is 0 Å². The Kier molecular flexibility index (Phi) is 8.91. The number of halogens is 2. The van der Waals surface area contributed by atoms with Crippen LogP contribution in [0.3, 0.4) is 0 Å². The largest absolute Gasteiger partial charge is 0.497 e. The summed E-state index contributed by atoms with van der Waals surface area (Å²) in [6.07, 6.45) is 0.917. The van der Waals surface area contributed by atoms with E-state index in [4.69, 9.17) is 37.2 Å². The van der Waals surface area contributed by atoms with Gasteiger partial charge in [-0.05, 0) is 48.9 Å². The predicted molar refractivity (Wildman–Crippen MR) is 122 cm³/mol. The first-order valence-corrected chi connectivity index (χ1v) is 10.8. The summed E-state index contributed by atoms with van der Waals surface area (Å²) in [6.45, 7) is 0.288. The van der Waals surface area contributed by atoms with Crippen LogP contribution in [0.5, 0.6) is 11.5 Å².